The summed E-state index contributed by atoms with van der Waals surface area (Å²) in [5.41, 5.74) is 7.33. The molecule has 0 aliphatic carbocycles. The molecule has 7 N–H and O–H groups in total. The summed E-state index contributed by atoms with van der Waals surface area (Å²) in [6.45, 7) is 3.53. The maximum atomic E-state index is 13.3. The van der Waals surface area contributed by atoms with Crippen LogP contribution >= 0.6 is 11.8 Å². The number of hydrogen-bond acceptors (Lipinski definition) is 7. The Balaban J connectivity index is 2.21. The molecule has 2 aromatic rings. The number of nitrogens with one attached hydrogen (secondary N) is 3. The van der Waals surface area contributed by atoms with Gasteiger partial charge in [0.1, 0.15) is 23.9 Å². The van der Waals surface area contributed by atoms with Crippen LogP contribution in [0, 0.1) is 5.92 Å². The second kappa shape index (κ2) is 15.7. The molecule has 0 saturated heterocycles. The van der Waals surface area contributed by atoms with E-state index in [1.807, 2.05) is 12.3 Å². The Hall–Kier alpha value is -3.57. The van der Waals surface area contributed by atoms with Gasteiger partial charge in [0.05, 0.1) is 6.04 Å². The first kappa shape index (κ1) is 31.6. The van der Waals surface area contributed by atoms with Gasteiger partial charge in [-0.1, -0.05) is 56.3 Å². The molecular formula is C28H38N4O6S. The number of carboxylic acids is 1. The molecule has 2 aromatic carbocycles. The SMILES string of the molecule is CSCCC(N)C(=O)NC(C(=O)NC(Cc1ccccc1)C(=O)NC(Cc1ccc(O)cc1)C(=O)O)C(C)C. The fourth-order valence-electron chi connectivity index (χ4n) is 3.83. The highest BCUT2D eigenvalue weighted by molar-refractivity contribution is 7.98. The summed E-state index contributed by atoms with van der Waals surface area (Å²) in [6, 6.07) is 10.9. The van der Waals surface area contributed by atoms with Crippen molar-refractivity contribution in [2.24, 2.45) is 11.7 Å². The minimum absolute atomic E-state index is 0.0219. The lowest BCUT2D eigenvalue weighted by molar-refractivity contribution is -0.142. The number of amides is 3. The summed E-state index contributed by atoms with van der Waals surface area (Å²) in [4.78, 5) is 51.2. The van der Waals surface area contributed by atoms with Crippen LogP contribution in [0.2, 0.25) is 0 Å². The fraction of sp³-hybridized carbons (Fsp3) is 0.429. The second-order valence-corrected chi connectivity index (χ2v) is 10.6. The minimum atomic E-state index is -1.27. The van der Waals surface area contributed by atoms with Gasteiger partial charge in [-0.2, -0.15) is 11.8 Å². The smallest absolute Gasteiger partial charge is 0.326 e. The van der Waals surface area contributed by atoms with E-state index < -0.39 is 47.9 Å². The Morgan fingerprint density at radius 1 is 0.821 bits per heavy atom. The molecular weight excluding hydrogens is 520 g/mol. The van der Waals surface area contributed by atoms with Crippen molar-refractivity contribution in [3.8, 4) is 5.75 Å². The van der Waals surface area contributed by atoms with Crippen molar-refractivity contribution < 1.29 is 29.4 Å². The maximum Gasteiger partial charge on any atom is 0.326 e. The van der Waals surface area contributed by atoms with Crippen LogP contribution in [0.3, 0.4) is 0 Å². The number of carboxylic acid groups (broad SMARTS) is 1. The first-order valence-electron chi connectivity index (χ1n) is 12.7. The molecule has 0 heterocycles. The van der Waals surface area contributed by atoms with Crippen molar-refractivity contribution in [2.45, 2.75) is 57.3 Å². The summed E-state index contributed by atoms with van der Waals surface area (Å²) in [7, 11) is 0. The van der Waals surface area contributed by atoms with Crippen LogP contribution in [-0.4, -0.2) is 70.1 Å². The van der Waals surface area contributed by atoms with E-state index in [1.54, 1.807) is 62.0 Å². The van der Waals surface area contributed by atoms with E-state index in [2.05, 4.69) is 16.0 Å². The van der Waals surface area contributed by atoms with Gasteiger partial charge in [-0.25, -0.2) is 4.79 Å². The molecule has 3 amide bonds. The zero-order valence-electron chi connectivity index (χ0n) is 22.4. The standard InChI is InChI=1S/C28H38N4O6S/c1-17(2)24(32-25(34)21(29)13-14-39-3)27(36)30-22(15-18-7-5-4-6-8-18)26(35)31-23(28(37)38)16-19-9-11-20(33)12-10-19/h4-12,17,21-24,33H,13-16,29H2,1-3H3,(H,30,36)(H,31,35)(H,32,34)(H,37,38). The third-order valence-corrected chi connectivity index (χ3v) is 6.77. The van der Waals surface area contributed by atoms with E-state index in [0.717, 1.165) is 5.56 Å². The lowest BCUT2D eigenvalue weighted by atomic mass is 10.00. The van der Waals surface area contributed by atoms with Crippen molar-refractivity contribution in [3.63, 3.8) is 0 Å². The van der Waals surface area contributed by atoms with Gasteiger partial charge in [-0.3, -0.25) is 14.4 Å². The summed E-state index contributed by atoms with van der Waals surface area (Å²) < 4.78 is 0. The lowest BCUT2D eigenvalue weighted by Gasteiger charge is -2.27. The summed E-state index contributed by atoms with van der Waals surface area (Å²) in [5.74, 6) is -2.52. The predicted octanol–water partition coefficient (Wildman–Crippen LogP) is 1.45. The molecule has 0 aliphatic heterocycles. The summed E-state index contributed by atoms with van der Waals surface area (Å²) in [5, 5.41) is 27.2. The number of aromatic hydroxyl groups is 1. The monoisotopic (exact) mass is 558 g/mol. The van der Waals surface area contributed by atoms with Crippen molar-refractivity contribution in [1.29, 1.82) is 0 Å². The van der Waals surface area contributed by atoms with E-state index in [0.29, 0.717) is 17.7 Å². The molecule has 0 bridgehead atoms. The Kier molecular flexibility index (Phi) is 12.8. The normalized spacial score (nSPS) is 14.1. The van der Waals surface area contributed by atoms with Gasteiger partial charge in [0.15, 0.2) is 0 Å². The van der Waals surface area contributed by atoms with Gasteiger partial charge < -0.3 is 31.9 Å². The fourth-order valence-corrected chi connectivity index (χ4v) is 4.32. The zero-order valence-corrected chi connectivity index (χ0v) is 23.2. The lowest BCUT2D eigenvalue weighted by Crippen LogP contribution is -2.59. The summed E-state index contributed by atoms with van der Waals surface area (Å²) >= 11 is 1.56. The van der Waals surface area contributed by atoms with Crippen molar-refractivity contribution in [3.05, 3.63) is 65.7 Å². The highest BCUT2D eigenvalue weighted by atomic mass is 32.2. The molecule has 11 heteroatoms. The topological polar surface area (TPSA) is 171 Å². The predicted molar refractivity (Wildman–Crippen MR) is 151 cm³/mol. The zero-order chi connectivity index (χ0) is 28.9. The maximum absolute atomic E-state index is 13.3. The van der Waals surface area contributed by atoms with Crippen LogP contribution < -0.4 is 21.7 Å². The van der Waals surface area contributed by atoms with Crippen LogP contribution in [-0.2, 0) is 32.0 Å². The minimum Gasteiger partial charge on any atom is -0.508 e. The Morgan fingerprint density at radius 2 is 1.38 bits per heavy atom. The van der Waals surface area contributed by atoms with E-state index in [9.17, 15) is 29.4 Å². The Morgan fingerprint density at radius 3 is 1.95 bits per heavy atom. The Bertz CT molecular complexity index is 1100. The number of phenols is 1. The van der Waals surface area contributed by atoms with Gasteiger partial charge in [0.2, 0.25) is 17.7 Å². The van der Waals surface area contributed by atoms with E-state index in [1.165, 1.54) is 12.1 Å². The third-order valence-electron chi connectivity index (χ3n) is 6.12. The number of thioether (sulfide) groups is 1. The van der Waals surface area contributed by atoms with E-state index in [-0.39, 0.29) is 24.5 Å². The molecule has 0 aromatic heterocycles. The second-order valence-electron chi connectivity index (χ2n) is 9.64. The van der Waals surface area contributed by atoms with Gasteiger partial charge in [0.25, 0.3) is 0 Å². The van der Waals surface area contributed by atoms with Gasteiger partial charge in [-0.15, -0.1) is 0 Å². The molecule has 0 fully saturated rings. The average Bonchev–Trinajstić information content (AvgIpc) is 2.90. The van der Waals surface area contributed by atoms with Crippen LogP contribution in [0.5, 0.6) is 5.75 Å². The number of benzene rings is 2. The largest absolute Gasteiger partial charge is 0.508 e. The molecule has 4 unspecified atom stereocenters. The quantitative estimate of drug-likeness (QED) is 0.191. The van der Waals surface area contributed by atoms with Gasteiger partial charge >= 0.3 is 5.97 Å². The number of phenolic OH excluding ortho intramolecular Hbond substituents is 1. The number of carbonyl (C=O) groups is 4. The number of rotatable bonds is 15. The van der Waals surface area contributed by atoms with Gasteiger partial charge in [-0.05, 0) is 47.6 Å². The highest BCUT2D eigenvalue weighted by Gasteiger charge is 2.32. The number of nitrogens with two attached hydrogens (primary N) is 1. The van der Waals surface area contributed by atoms with Crippen LogP contribution in [0.15, 0.2) is 54.6 Å². The van der Waals surface area contributed by atoms with Crippen molar-refractivity contribution in [2.75, 3.05) is 12.0 Å². The van der Waals surface area contributed by atoms with Crippen LogP contribution in [0.1, 0.15) is 31.4 Å². The van der Waals surface area contributed by atoms with Crippen molar-refractivity contribution >= 4 is 35.5 Å². The van der Waals surface area contributed by atoms with E-state index >= 15 is 0 Å². The van der Waals surface area contributed by atoms with Crippen LogP contribution in [0.25, 0.3) is 0 Å². The first-order valence-corrected chi connectivity index (χ1v) is 14.1. The van der Waals surface area contributed by atoms with E-state index in [4.69, 9.17) is 5.73 Å². The molecule has 2 rings (SSSR count). The molecule has 0 radical (unpaired) electrons. The Labute approximate surface area is 233 Å². The number of aliphatic carboxylic acids is 1. The third kappa shape index (κ3) is 10.6. The molecule has 0 aliphatic rings. The first-order chi connectivity index (χ1) is 18.5. The number of carbonyl (C=O) groups excluding carboxylic acids is 3. The molecule has 4 atom stereocenters. The summed E-state index contributed by atoms with van der Waals surface area (Å²) in [6.07, 6.45) is 2.45. The van der Waals surface area contributed by atoms with Crippen molar-refractivity contribution in [1.82, 2.24) is 16.0 Å². The highest BCUT2D eigenvalue weighted by Crippen LogP contribution is 2.13. The molecule has 212 valence electrons. The molecule has 0 saturated carbocycles. The molecule has 10 nitrogen and oxygen atoms in total. The molecule has 39 heavy (non-hydrogen) atoms. The van der Waals surface area contributed by atoms with Crippen LogP contribution in [0.4, 0.5) is 0 Å². The number of hydrogen-bond donors (Lipinski definition) is 6. The molecule has 0 spiro atoms. The average molecular weight is 559 g/mol. The van der Waals surface area contributed by atoms with Gasteiger partial charge in [0, 0.05) is 12.8 Å².